The quantitative estimate of drug-likeness (QED) is 0.730. The lowest BCUT2D eigenvalue weighted by molar-refractivity contribution is -0.140. The Kier molecular flexibility index (Phi) is 6.66. The van der Waals surface area contributed by atoms with Crippen LogP contribution in [0.4, 0.5) is 0 Å². The van der Waals surface area contributed by atoms with E-state index in [1.165, 1.54) is 7.11 Å². The van der Waals surface area contributed by atoms with Crippen LogP contribution in [0.1, 0.15) is 52.9 Å². The van der Waals surface area contributed by atoms with Crippen LogP contribution in [0.25, 0.3) is 0 Å². The summed E-state index contributed by atoms with van der Waals surface area (Å²) in [6.07, 6.45) is 3.40. The van der Waals surface area contributed by atoms with Crippen LogP contribution in [-0.2, 0) is 19.6 Å². The summed E-state index contributed by atoms with van der Waals surface area (Å²) in [6, 6.07) is 0. The molecule has 1 aliphatic rings. The van der Waals surface area contributed by atoms with Crippen molar-refractivity contribution in [2.75, 3.05) is 26.0 Å². The molecule has 0 amide bonds. The summed E-state index contributed by atoms with van der Waals surface area (Å²) in [5.41, 5.74) is 0.227. The predicted octanol–water partition coefficient (Wildman–Crippen LogP) is 2.42. The number of hydrogen-bond acceptors (Lipinski definition) is 4. The maximum absolute atomic E-state index is 12.3. The SMILES string of the molecule is COC(=O)CCCS(=O)(=O)N1CCCC(C(C)(C)C)CC1. The first kappa shape index (κ1) is 18.4. The number of carbonyl (C=O) groups is 1. The normalized spacial score (nSPS) is 21.8. The molecular weight excluding hydrogens is 290 g/mol. The van der Waals surface area contributed by atoms with Crippen molar-refractivity contribution in [1.82, 2.24) is 4.31 Å². The zero-order chi connectivity index (χ0) is 16.1. The molecule has 21 heavy (non-hydrogen) atoms. The second-order valence-electron chi connectivity index (χ2n) is 6.89. The highest BCUT2D eigenvalue weighted by molar-refractivity contribution is 7.89. The van der Waals surface area contributed by atoms with Gasteiger partial charge in [-0.15, -0.1) is 0 Å². The fraction of sp³-hybridized carbons (Fsp3) is 0.933. The van der Waals surface area contributed by atoms with E-state index in [1.54, 1.807) is 4.31 Å². The first-order chi connectivity index (χ1) is 9.66. The van der Waals surface area contributed by atoms with E-state index in [0.29, 0.717) is 25.4 Å². The van der Waals surface area contributed by atoms with Crippen LogP contribution >= 0.6 is 0 Å². The molecule has 1 fully saturated rings. The van der Waals surface area contributed by atoms with Crippen LogP contribution in [-0.4, -0.2) is 44.6 Å². The van der Waals surface area contributed by atoms with E-state index in [9.17, 15) is 13.2 Å². The molecule has 1 atom stereocenters. The lowest BCUT2D eigenvalue weighted by Crippen LogP contribution is -2.34. The highest BCUT2D eigenvalue weighted by Gasteiger charge is 2.30. The van der Waals surface area contributed by atoms with E-state index in [4.69, 9.17) is 0 Å². The van der Waals surface area contributed by atoms with Crippen molar-refractivity contribution in [3.05, 3.63) is 0 Å². The molecule has 1 saturated heterocycles. The third-order valence-corrected chi connectivity index (χ3v) is 6.27. The molecule has 0 N–H and O–H groups in total. The lowest BCUT2D eigenvalue weighted by Gasteiger charge is -2.29. The first-order valence-electron chi connectivity index (χ1n) is 7.71. The molecule has 0 bridgehead atoms. The van der Waals surface area contributed by atoms with Crippen LogP contribution in [0.3, 0.4) is 0 Å². The monoisotopic (exact) mass is 319 g/mol. The standard InChI is InChI=1S/C15H29NO4S/c1-15(2,3)13-7-5-10-16(11-9-13)21(18,19)12-6-8-14(17)20-4/h13H,5-12H2,1-4H3. The molecule has 0 saturated carbocycles. The Bertz CT molecular complexity index is 439. The maximum atomic E-state index is 12.3. The zero-order valence-corrected chi connectivity index (χ0v) is 14.5. The zero-order valence-electron chi connectivity index (χ0n) is 13.7. The minimum Gasteiger partial charge on any atom is -0.469 e. The number of hydrogen-bond donors (Lipinski definition) is 0. The third kappa shape index (κ3) is 5.94. The summed E-state index contributed by atoms with van der Waals surface area (Å²) in [7, 11) is -1.94. The number of sulfonamides is 1. The summed E-state index contributed by atoms with van der Waals surface area (Å²) in [4.78, 5) is 11.1. The predicted molar refractivity (Wildman–Crippen MR) is 83.4 cm³/mol. The molecule has 5 nitrogen and oxygen atoms in total. The number of rotatable bonds is 5. The van der Waals surface area contributed by atoms with Gasteiger partial charge in [0.05, 0.1) is 12.9 Å². The molecule has 6 heteroatoms. The number of carbonyl (C=O) groups excluding carboxylic acids is 1. The third-order valence-electron chi connectivity index (χ3n) is 4.32. The van der Waals surface area contributed by atoms with Gasteiger partial charge in [0.25, 0.3) is 0 Å². The molecule has 0 aliphatic carbocycles. The van der Waals surface area contributed by atoms with Crippen molar-refractivity contribution >= 4 is 16.0 Å². The van der Waals surface area contributed by atoms with E-state index in [0.717, 1.165) is 19.3 Å². The summed E-state index contributed by atoms with van der Waals surface area (Å²) >= 11 is 0. The van der Waals surface area contributed by atoms with Gasteiger partial charge in [0, 0.05) is 19.5 Å². The molecule has 0 radical (unpaired) electrons. The van der Waals surface area contributed by atoms with Gasteiger partial charge in [0.15, 0.2) is 0 Å². The molecule has 1 aliphatic heterocycles. The molecule has 0 aromatic rings. The summed E-state index contributed by atoms with van der Waals surface area (Å²) in [6.45, 7) is 7.87. The Morgan fingerprint density at radius 1 is 1.24 bits per heavy atom. The van der Waals surface area contributed by atoms with Gasteiger partial charge in [0.2, 0.25) is 10.0 Å². The van der Waals surface area contributed by atoms with E-state index in [-0.39, 0.29) is 23.6 Å². The molecular formula is C15H29NO4S. The smallest absolute Gasteiger partial charge is 0.305 e. The van der Waals surface area contributed by atoms with Gasteiger partial charge in [-0.3, -0.25) is 4.79 Å². The minimum absolute atomic E-state index is 0.0300. The van der Waals surface area contributed by atoms with Gasteiger partial charge in [-0.2, -0.15) is 0 Å². The van der Waals surface area contributed by atoms with E-state index in [1.807, 2.05) is 0 Å². The second-order valence-corrected chi connectivity index (χ2v) is 8.98. The van der Waals surface area contributed by atoms with E-state index < -0.39 is 10.0 Å². The number of ether oxygens (including phenoxy) is 1. The van der Waals surface area contributed by atoms with Crippen molar-refractivity contribution in [1.29, 1.82) is 0 Å². The van der Waals surface area contributed by atoms with Crippen LogP contribution in [0.2, 0.25) is 0 Å². The largest absolute Gasteiger partial charge is 0.469 e. The second kappa shape index (κ2) is 7.58. The Balaban J connectivity index is 2.54. The van der Waals surface area contributed by atoms with E-state index >= 15 is 0 Å². The molecule has 0 aromatic heterocycles. The molecule has 124 valence electrons. The molecule has 0 spiro atoms. The first-order valence-corrected chi connectivity index (χ1v) is 9.32. The van der Waals surface area contributed by atoms with Crippen molar-refractivity contribution in [3.8, 4) is 0 Å². The molecule has 0 aromatic carbocycles. The number of esters is 1. The van der Waals surface area contributed by atoms with E-state index in [2.05, 4.69) is 25.5 Å². The average molecular weight is 319 g/mol. The van der Waals surface area contributed by atoms with Crippen molar-refractivity contribution in [2.24, 2.45) is 11.3 Å². The lowest BCUT2D eigenvalue weighted by atomic mass is 9.77. The van der Waals surface area contributed by atoms with Crippen molar-refractivity contribution in [3.63, 3.8) is 0 Å². The molecule has 1 heterocycles. The van der Waals surface area contributed by atoms with Crippen molar-refractivity contribution in [2.45, 2.75) is 52.9 Å². The van der Waals surface area contributed by atoms with Crippen LogP contribution in [0.15, 0.2) is 0 Å². The topological polar surface area (TPSA) is 63.7 Å². The fourth-order valence-corrected chi connectivity index (χ4v) is 4.40. The number of methoxy groups -OCH3 is 1. The summed E-state index contributed by atoms with van der Waals surface area (Å²) in [5, 5.41) is 0. The number of nitrogens with zero attached hydrogens (tertiary/aromatic N) is 1. The van der Waals surface area contributed by atoms with Crippen molar-refractivity contribution < 1.29 is 17.9 Å². The van der Waals surface area contributed by atoms with Gasteiger partial charge >= 0.3 is 5.97 Å². The Hall–Kier alpha value is -0.620. The van der Waals surface area contributed by atoms with Gasteiger partial charge < -0.3 is 4.74 Å². The fourth-order valence-electron chi connectivity index (χ4n) is 2.84. The highest BCUT2D eigenvalue weighted by atomic mass is 32.2. The van der Waals surface area contributed by atoms with Crippen LogP contribution in [0.5, 0.6) is 0 Å². The summed E-state index contributed by atoms with van der Waals surface area (Å²) in [5.74, 6) is 0.240. The Labute approximate surface area is 129 Å². The highest BCUT2D eigenvalue weighted by Crippen LogP contribution is 2.34. The minimum atomic E-state index is -3.25. The van der Waals surface area contributed by atoms with Gasteiger partial charge in [-0.1, -0.05) is 20.8 Å². The van der Waals surface area contributed by atoms with Gasteiger partial charge in [-0.25, -0.2) is 12.7 Å². The van der Waals surface area contributed by atoms with Crippen LogP contribution < -0.4 is 0 Å². The van der Waals surface area contributed by atoms with Crippen LogP contribution in [0, 0.1) is 11.3 Å². The molecule has 1 rings (SSSR count). The van der Waals surface area contributed by atoms with Gasteiger partial charge in [0.1, 0.15) is 0 Å². The van der Waals surface area contributed by atoms with Gasteiger partial charge in [-0.05, 0) is 37.0 Å². The maximum Gasteiger partial charge on any atom is 0.305 e. The average Bonchev–Trinajstić information content (AvgIpc) is 2.64. The molecule has 1 unspecified atom stereocenters. The Morgan fingerprint density at radius 2 is 1.90 bits per heavy atom. The Morgan fingerprint density at radius 3 is 2.48 bits per heavy atom. The summed E-state index contributed by atoms with van der Waals surface area (Å²) < 4.78 is 30.8.